The average Bonchev–Trinajstić information content (AvgIpc) is 2.82. The summed E-state index contributed by atoms with van der Waals surface area (Å²) in [5, 5.41) is 2.86. The molecule has 7 heteroatoms. The highest BCUT2D eigenvalue weighted by Crippen LogP contribution is 2.25. The molecule has 3 aromatic carbocycles. The van der Waals surface area contributed by atoms with Crippen molar-refractivity contribution in [3.8, 4) is 5.75 Å². The molecule has 0 saturated carbocycles. The number of nitrogens with one attached hydrogen (secondary N) is 1. The maximum absolute atomic E-state index is 13.3. The largest absolute Gasteiger partial charge is 0.497 e. The maximum atomic E-state index is 13.3. The molecule has 0 radical (unpaired) electrons. The molecular weight excluding hydrogens is 412 g/mol. The Morgan fingerprint density at radius 2 is 1.52 bits per heavy atom. The Morgan fingerprint density at radius 3 is 2.10 bits per heavy atom. The van der Waals surface area contributed by atoms with E-state index >= 15 is 0 Å². The molecular formula is C24H26N2O4S. The third kappa shape index (κ3) is 5.64. The zero-order chi connectivity index (χ0) is 22.3. The Morgan fingerprint density at radius 1 is 0.935 bits per heavy atom. The predicted molar refractivity (Wildman–Crippen MR) is 122 cm³/mol. The number of rotatable bonds is 9. The Hall–Kier alpha value is -3.32. The van der Waals surface area contributed by atoms with E-state index in [2.05, 4.69) is 5.32 Å². The number of carbonyl (C=O) groups excluding carboxylic acids is 1. The molecule has 1 amide bonds. The van der Waals surface area contributed by atoms with Crippen molar-refractivity contribution in [2.24, 2.45) is 0 Å². The van der Waals surface area contributed by atoms with Crippen molar-refractivity contribution in [3.05, 3.63) is 90.5 Å². The van der Waals surface area contributed by atoms with E-state index in [1.165, 1.54) is 19.2 Å². The smallest absolute Gasteiger partial charge is 0.264 e. The van der Waals surface area contributed by atoms with Crippen LogP contribution in [0.5, 0.6) is 5.75 Å². The Bertz CT molecular complexity index is 1090. The summed E-state index contributed by atoms with van der Waals surface area (Å²) in [5.74, 6) is 0.324. The number of sulfonamides is 1. The van der Waals surface area contributed by atoms with Gasteiger partial charge in [-0.1, -0.05) is 55.5 Å². The molecule has 3 aromatic rings. The Balaban J connectivity index is 1.80. The fourth-order valence-corrected chi connectivity index (χ4v) is 4.58. The van der Waals surface area contributed by atoms with Gasteiger partial charge in [0, 0.05) is 6.54 Å². The van der Waals surface area contributed by atoms with Crippen molar-refractivity contribution in [1.29, 1.82) is 0 Å². The molecule has 1 atom stereocenters. The minimum absolute atomic E-state index is 0.102. The topological polar surface area (TPSA) is 75.7 Å². The highest BCUT2D eigenvalue weighted by molar-refractivity contribution is 7.92. The number of methoxy groups -OCH3 is 1. The van der Waals surface area contributed by atoms with Gasteiger partial charge in [-0.2, -0.15) is 0 Å². The van der Waals surface area contributed by atoms with Crippen LogP contribution in [0.25, 0.3) is 0 Å². The number of benzene rings is 3. The summed E-state index contributed by atoms with van der Waals surface area (Å²) in [6.45, 7) is 2.09. The Kier molecular flexibility index (Phi) is 7.31. The number of hydrogen-bond acceptors (Lipinski definition) is 4. The first-order valence-electron chi connectivity index (χ1n) is 9.95. The highest BCUT2D eigenvalue weighted by Gasteiger charge is 2.27. The molecule has 0 fully saturated rings. The lowest BCUT2D eigenvalue weighted by Crippen LogP contribution is -2.41. The van der Waals surface area contributed by atoms with E-state index < -0.39 is 10.0 Å². The van der Waals surface area contributed by atoms with Crippen LogP contribution in [0, 0.1) is 0 Å². The molecule has 3 rings (SSSR count). The molecule has 162 valence electrons. The summed E-state index contributed by atoms with van der Waals surface area (Å²) in [6, 6.07) is 24.5. The fourth-order valence-electron chi connectivity index (χ4n) is 3.14. The fraction of sp³-hybridized carbons (Fsp3) is 0.208. The second-order valence-corrected chi connectivity index (χ2v) is 9.00. The molecule has 6 nitrogen and oxygen atoms in total. The Labute approximate surface area is 183 Å². The van der Waals surface area contributed by atoms with Crippen LogP contribution in [-0.4, -0.2) is 34.5 Å². The van der Waals surface area contributed by atoms with Crippen LogP contribution in [0.1, 0.15) is 18.4 Å². The SMILES string of the molecule is COc1ccc(N(CC(=O)NC[C@H](C)c2ccccc2)S(=O)(=O)c2ccccc2)cc1. The number of anilines is 1. The zero-order valence-corrected chi connectivity index (χ0v) is 18.4. The van der Waals surface area contributed by atoms with Crippen molar-refractivity contribution in [3.63, 3.8) is 0 Å². The van der Waals surface area contributed by atoms with E-state index in [0.29, 0.717) is 18.0 Å². The van der Waals surface area contributed by atoms with Crippen molar-refractivity contribution in [1.82, 2.24) is 5.32 Å². The quantitative estimate of drug-likeness (QED) is 0.551. The van der Waals surface area contributed by atoms with Gasteiger partial charge < -0.3 is 10.1 Å². The van der Waals surface area contributed by atoms with E-state index in [1.54, 1.807) is 42.5 Å². The summed E-state index contributed by atoms with van der Waals surface area (Å²) in [6.07, 6.45) is 0. The third-order valence-electron chi connectivity index (χ3n) is 4.95. The van der Waals surface area contributed by atoms with Gasteiger partial charge in [-0.05, 0) is 47.9 Å². The molecule has 0 aliphatic carbocycles. The normalized spacial score (nSPS) is 12.1. The minimum atomic E-state index is -3.93. The standard InChI is InChI=1S/C24H26N2O4S/c1-19(20-9-5-3-6-10-20)17-25-24(27)18-26(21-13-15-22(30-2)16-14-21)31(28,29)23-11-7-4-8-12-23/h3-16,19H,17-18H2,1-2H3,(H,25,27)/t19-/m0/s1. The van der Waals surface area contributed by atoms with Crippen LogP contribution in [0.4, 0.5) is 5.69 Å². The van der Waals surface area contributed by atoms with Crippen molar-refractivity contribution in [2.75, 3.05) is 24.5 Å². The summed E-state index contributed by atoms with van der Waals surface area (Å²) in [7, 11) is -2.39. The van der Waals surface area contributed by atoms with Crippen molar-refractivity contribution >= 4 is 21.6 Å². The van der Waals surface area contributed by atoms with Gasteiger partial charge in [-0.15, -0.1) is 0 Å². The van der Waals surface area contributed by atoms with E-state index in [0.717, 1.165) is 9.87 Å². The summed E-state index contributed by atoms with van der Waals surface area (Å²) in [5.41, 5.74) is 1.49. The van der Waals surface area contributed by atoms with E-state index in [4.69, 9.17) is 4.74 Å². The van der Waals surface area contributed by atoms with Gasteiger partial charge in [0.2, 0.25) is 5.91 Å². The first-order chi connectivity index (χ1) is 14.9. The molecule has 1 N–H and O–H groups in total. The molecule has 31 heavy (non-hydrogen) atoms. The van der Waals surface area contributed by atoms with Gasteiger partial charge in [-0.25, -0.2) is 8.42 Å². The molecule has 0 heterocycles. The summed E-state index contributed by atoms with van der Waals surface area (Å²) < 4.78 is 32.9. The maximum Gasteiger partial charge on any atom is 0.264 e. The minimum Gasteiger partial charge on any atom is -0.497 e. The first-order valence-corrected chi connectivity index (χ1v) is 11.4. The lowest BCUT2D eigenvalue weighted by molar-refractivity contribution is -0.119. The van der Waals surface area contributed by atoms with E-state index in [1.807, 2.05) is 37.3 Å². The zero-order valence-electron chi connectivity index (χ0n) is 17.6. The first kappa shape index (κ1) is 22.4. The van der Waals surface area contributed by atoms with Gasteiger partial charge in [-0.3, -0.25) is 9.10 Å². The van der Waals surface area contributed by atoms with Crippen LogP contribution >= 0.6 is 0 Å². The van der Waals surface area contributed by atoms with Crippen LogP contribution < -0.4 is 14.4 Å². The second kappa shape index (κ2) is 10.1. The molecule has 0 unspecified atom stereocenters. The van der Waals surface area contributed by atoms with Gasteiger partial charge in [0.15, 0.2) is 0 Å². The second-order valence-electron chi connectivity index (χ2n) is 7.14. The molecule has 0 saturated heterocycles. The number of hydrogen-bond donors (Lipinski definition) is 1. The van der Waals surface area contributed by atoms with Crippen LogP contribution in [0.3, 0.4) is 0 Å². The molecule has 0 aliphatic heterocycles. The van der Waals surface area contributed by atoms with Crippen LogP contribution in [0.2, 0.25) is 0 Å². The monoisotopic (exact) mass is 438 g/mol. The number of nitrogens with zero attached hydrogens (tertiary/aromatic N) is 1. The lowest BCUT2D eigenvalue weighted by Gasteiger charge is -2.24. The average molecular weight is 439 g/mol. The third-order valence-corrected chi connectivity index (χ3v) is 6.74. The predicted octanol–water partition coefficient (Wildman–Crippen LogP) is 3.81. The summed E-state index contributed by atoms with van der Waals surface area (Å²) in [4.78, 5) is 12.8. The number of ether oxygens (including phenoxy) is 1. The number of amides is 1. The van der Waals surface area contributed by atoms with E-state index in [-0.39, 0.29) is 23.3 Å². The summed E-state index contributed by atoms with van der Waals surface area (Å²) >= 11 is 0. The van der Waals surface area contributed by atoms with Gasteiger partial charge in [0.25, 0.3) is 10.0 Å². The van der Waals surface area contributed by atoms with E-state index in [9.17, 15) is 13.2 Å². The van der Waals surface area contributed by atoms with Crippen LogP contribution in [0.15, 0.2) is 89.8 Å². The highest BCUT2D eigenvalue weighted by atomic mass is 32.2. The van der Waals surface area contributed by atoms with Crippen molar-refractivity contribution < 1.29 is 17.9 Å². The van der Waals surface area contributed by atoms with Gasteiger partial charge in [0.1, 0.15) is 12.3 Å². The molecule has 0 spiro atoms. The number of carbonyl (C=O) groups is 1. The lowest BCUT2D eigenvalue weighted by atomic mass is 10.0. The van der Waals surface area contributed by atoms with Crippen molar-refractivity contribution in [2.45, 2.75) is 17.7 Å². The van der Waals surface area contributed by atoms with Gasteiger partial charge in [0.05, 0.1) is 17.7 Å². The molecule has 0 aromatic heterocycles. The molecule has 0 bridgehead atoms. The van der Waals surface area contributed by atoms with Crippen LogP contribution in [-0.2, 0) is 14.8 Å². The molecule has 0 aliphatic rings. The van der Waals surface area contributed by atoms with Gasteiger partial charge >= 0.3 is 0 Å².